The average molecular weight is 280 g/mol. The SMILES string of the molecule is O=C(CCN1CCCC1C(=O)O)Nc1ccccc1F. The molecule has 2 N–H and O–H groups in total. The number of carboxylic acids is 1. The number of para-hydroxylation sites is 1. The van der Waals surface area contributed by atoms with Crippen LogP contribution in [0.3, 0.4) is 0 Å². The molecule has 1 saturated heterocycles. The predicted molar refractivity (Wildman–Crippen MR) is 71.9 cm³/mol. The zero-order valence-corrected chi connectivity index (χ0v) is 11.0. The fraction of sp³-hybridized carbons (Fsp3) is 0.429. The van der Waals surface area contributed by atoms with Crippen LogP contribution in [0.1, 0.15) is 19.3 Å². The minimum atomic E-state index is -0.850. The van der Waals surface area contributed by atoms with E-state index >= 15 is 0 Å². The summed E-state index contributed by atoms with van der Waals surface area (Å²) in [6.07, 6.45) is 1.59. The molecule has 108 valence electrons. The van der Waals surface area contributed by atoms with Crippen LogP contribution in [0.2, 0.25) is 0 Å². The number of anilines is 1. The largest absolute Gasteiger partial charge is 0.480 e. The van der Waals surface area contributed by atoms with Gasteiger partial charge in [-0.1, -0.05) is 12.1 Å². The first-order chi connectivity index (χ1) is 9.58. The van der Waals surface area contributed by atoms with Crippen molar-refractivity contribution in [3.63, 3.8) is 0 Å². The van der Waals surface area contributed by atoms with E-state index in [4.69, 9.17) is 5.11 Å². The van der Waals surface area contributed by atoms with Crippen molar-refractivity contribution in [1.29, 1.82) is 0 Å². The third-order valence-corrected chi connectivity index (χ3v) is 3.42. The highest BCUT2D eigenvalue weighted by atomic mass is 19.1. The van der Waals surface area contributed by atoms with Crippen LogP contribution < -0.4 is 5.32 Å². The summed E-state index contributed by atoms with van der Waals surface area (Å²) >= 11 is 0. The maximum atomic E-state index is 13.4. The number of rotatable bonds is 5. The lowest BCUT2D eigenvalue weighted by Crippen LogP contribution is -2.37. The Balaban J connectivity index is 1.84. The van der Waals surface area contributed by atoms with Crippen LogP contribution in [0.5, 0.6) is 0 Å². The van der Waals surface area contributed by atoms with E-state index in [0.717, 1.165) is 6.42 Å². The standard InChI is InChI=1S/C14H17FN2O3/c15-10-4-1-2-5-11(10)16-13(18)7-9-17-8-3-6-12(17)14(19)20/h1-2,4-5,12H,3,6-9H2,(H,16,18)(H,19,20). The highest BCUT2D eigenvalue weighted by Gasteiger charge is 2.30. The topological polar surface area (TPSA) is 69.6 Å². The Morgan fingerprint density at radius 2 is 2.15 bits per heavy atom. The van der Waals surface area contributed by atoms with Crippen LogP contribution in [0.4, 0.5) is 10.1 Å². The van der Waals surface area contributed by atoms with E-state index in [0.29, 0.717) is 19.5 Å². The molecule has 1 aromatic carbocycles. The van der Waals surface area contributed by atoms with Gasteiger partial charge in [-0.2, -0.15) is 0 Å². The first-order valence-corrected chi connectivity index (χ1v) is 6.59. The minimum Gasteiger partial charge on any atom is -0.480 e. The van der Waals surface area contributed by atoms with Crippen LogP contribution >= 0.6 is 0 Å². The Bertz CT molecular complexity index is 507. The summed E-state index contributed by atoms with van der Waals surface area (Å²) in [4.78, 5) is 24.5. The summed E-state index contributed by atoms with van der Waals surface area (Å²) in [6, 6.07) is 5.45. The first-order valence-electron chi connectivity index (χ1n) is 6.59. The summed E-state index contributed by atoms with van der Waals surface area (Å²) in [5.74, 6) is -1.64. The van der Waals surface area contributed by atoms with Crippen molar-refractivity contribution in [3.05, 3.63) is 30.1 Å². The lowest BCUT2D eigenvalue weighted by molar-refractivity contribution is -0.142. The number of carbonyl (C=O) groups excluding carboxylic acids is 1. The second kappa shape index (κ2) is 6.47. The van der Waals surface area contributed by atoms with Gasteiger partial charge in [0.05, 0.1) is 5.69 Å². The van der Waals surface area contributed by atoms with Crippen molar-refractivity contribution >= 4 is 17.6 Å². The van der Waals surface area contributed by atoms with Crippen LogP contribution in [0, 0.1) is 5.82 Å². The number of halogens is 1. The average Bonchev–Trinajstić information content (AvgIpc) is 2.88. The first kappa shape index (κ1) is 14.5. The number of amides is 1. The van der Waals surface area contributed by atoms with Gasteiger partial charge in [-0.15, -0.1) is 0 Å². The molecule has 20 heavy (non-hydrogen) atoms. The molecule has 1 unspecified atom stereocenters. The summed E-state index contributed by atoms with van der Waals surface area (Å²) < 4.78 is 13.4. The molecule has 0 aromatic heterocycles. The Morgan fingerprint density at radius 3 is 2.85 bits per heavy atom. The fourth-order valence-corrected chi connectivity index (χ4v) is 2.39. The molecule has 1 aliphatic heterocycles. The van der Waals surface area contributed by atoms with Crippen molar-refractivity contribution in [2.24, 2.45) is 0 Å². The van der Waals surface area contributed by atoms with E-state index in [-0.39, 0.29) is 18.0 Å². The van der Waals surface area contributed by atoms with Gasteiger partial charge >= 0.3 is 5.97 Å². The van der Waals surface area contributed by atoms with Gasteiger partial charge in [0, 0.05) is 13.0 Å². The monoisotopic (exact) mass is 280 g/mol. The van der Waals surface area contributed by atoms with Gasteiger partial charge in [0.15, 0.2) is 0 Å². The Kier molecular flexibility index (Phi) is 4.68. The quantitative estimate of drug-likeness (QED) is 0.861. The second-order valence-electron chi connectivity index (χ2n) is 4.81. The van der Waals surface area contributed by atoms with Crippen molar-refractivity contribution in [2.75, 3.05) is 18.4 Å². The molecule has 1 heterocycles. The zero-order valence-electron chi connectivity index (χ0n) is 11.0. The van der Waals surface area contributed by atoms with E-state index < -0.39 is 17.8 Å². The number of nitrogens with zero attached hydrogens (tertiary/aromatic N) is 1. The van der Waals surface area contributed by atoms with Crippen LogP contribution in [0.15, 0.2) is 24.3 Å². The number of nitrogens with one attached hydrogen (secondary N) is 1. The molecular formula is C14H17FN2O3. The molecule has 1 atom stereocenters. The highest BCUT2D eigenvalue weighted by molar-refractivity contribution is 5.90. The molecular weight excluding hydrogens is 263 g/mol. The molecule has 0 spiro atoms. The smallest absolute Gasteiger partial charge is 0.320 e. The van der Waals surface area contributed by atoms with E-state index in [2.05, 4.69) is 5.32 Å². The van der Waals surface area contributed by atoms with Crippen molar-refractivity contribution < 1.29 is 19.1 Å². The third-order valence-electron chi connectivity index (χ3n) is 3.42. The molecule has 1 aromatic rings. The molecule has 1 amide bonds. The maximum absolute atomic E-state index is 13.4. The number of carbonyl (C=O) groups is 2. The van der Waals surface area contributed by atoms with Gasteiger partial charge in [-0.05, 0) is 31.5 Å². The van der Waals surface area contributed by atoms with Crippen LogP contribution in [-0.4, -0.2) is 41.0 Å². The summed E-state index contributed by atoms with van der Waals surface area (Å²) in [5, 5.41) is 11.5. The minimum absolute atomic E-state index is 0.147. The van der Waals surface area contributed by atoms with Gasteiger partial charge < -0.3 is 10.4 Å². The molecule has 6 heteroatoms. The molecule has 0 bridgehead atoms. The Morgan fingerprint density at radius 1 is 1.40 bits per heavy atom. The molecule has 0 saturated carbocycles. The second-order valence-corrected chi connectivity index (χ2v) is 4.81. The van der Waals surface area contributed by atoms with Crippen molar-refractivity contribution in [2.45, 2.75) is 25.3 Å². The fourth-order valence-electron chi connectivity index (χ4n) is 2.39. The number of carboxylic acid groups (broad SMARTS) is 1. The molecule has 2 rings (SSSR count). The lowest BCUT2D eigenvalue weighted by Gasteiger charge is -2.20. The number of hydrogen-bond acceptors (Lipinski definition) is 3. The molecule has 1 fully saturated rings. The number of benzene rings is 1. The van der Waals surface area contributed by atoms with E-state index in [1.165, 1.54) is 12.1 Å². The Hall–Kier alpha value is -1.95. The Labute approximate surface area is 116 Å². The summed E-state index contributed by atoms with van der Waals surface area (Å²) in [6.45, 7) is 1.06. The highest BCUT2D eigenvalue weighted by Crippen LogP contribution is 2.18. The van der Waals surface area contributed by atoms with Gasteiger partial charge in [0.2, 0.25) is 5.91 Å². The molecule has 0 radical (unpaired) electrons. The maximum Gasteiger partial charge on any atom is 0.320 e. The zero-order chi connectivity index (χ0) is 14.5. The normalized spacial score (nSPS) is 18.9. The number of aliphatic carboxylic acids is 1. The molecule has 0 aliphatic carbocycles. The predicted octanol–water partition coefficient (Wildman–Crippen LogP) is 1.70. The van der Waals surface area contributed by atoms with Crippen molar-refractivity contribution in [3.8, 4) is 0 Å². The van der Waals surface area contributed by atoms with Gasteiger partial charge in [-0.3, -0.25) is 14.5 Å². The van der Waals surface area contributed by atoms with E-state index in [1.807, 2.05) is 0 Å². The number of likely N-dealkylation sites (tertiary alicyclic amines) is 1. The number of hydrogen-bond donors (Lipinski definition) is 2. The van der Waals surface area contributed by atoms with Gasteiger partial charge in [0.1, 0.15) is 11.9 Å². The van der Waals surface area contributed by atoms with Gasteiger partial charge in [-0.25, -0.2) is 4.39 Å². The molecule has 5 nitrogen and oxygen atoms in total. The molecule has 1 aliphatic rings. The van der Waals surface area contributed by atoms with Gasteiger partial charge in [0.25, 0.3) is 0 Å². The lowest BCUT2D eigenvalue weighted by atomic mass is 10.2. The summed E-state index contributed by atoms with van der Waals surface area (Å²) in [5.41, 5.74) is 0.147. The van der Waals surface area contributed by atoms with E-state index in [9.17, 15) is 14.0 Å². The van der Waals surface area contributed by atoms with Crippen LogP contribution in [-0.2, 0) is 9.59 Å². The summed E-state index contributed by atoms with van der Waals surface area (Å²) in [7, 11) is 0. The van der Waals surface area contributed by atoms with Crippen molar-refractivity contribution in [1.82, 2.24) is 4.90 Å². The van der Waals surface area contributed by atoms with Crippen LogP contribution in [0.25, 0.3) is 0 Å². The van der Waals surface area contributed by atoms with E-state index in [1.54, 1.807) is 17.0 Å². The third kappa shape index (κ3) is 3.54.